The maximum absolute atomic E-state index is 11.6. The molecular formula is C16H30N4O2S. The van der Waals surface area contributed by atoms with E-state index >= 15 is 0 Å². The van der Waals surface area contributed by atoms with Crippen LogP contribution >= 0.6 is 11.3 Å². The number of nitrogens with zero attached hydrogens (tertiary/aromatic N) is 2. The first-order chi connectivity index (χ1) is 10.7. The number of amides is 1. The van der Waals surface area contributed by atoms with Gasteiger partial charge in [0.2, 0.25) is 0 Å². The predicted octanol–water partition coefficient (Wildman–Crippen LogP) is 2.99. The quantitative estimate of drug-likeness (QED) is 0.760. The molecule has 7 heteroatoms. The van der Waals surface area contributed by atoms with Gasteiger partial charge in [0.1, 0.15) is 5.60 Å². The minimum absolute atomic E-state index is 0.154. The van der Waals surface area contributed by atoms with Gasteiger partial charge in [0, 0.05) is 43.3 Å². The van der Waals surface area contributed by atoms with Gasteiger partial charge in [0.05, 0.1) is 0 Å². The summed E-state index contributed by atoms with van der Waals surface area (Å²) in [5, 5.41) is 7.22. The number of aromatic nitrogens is 1. The zero-order valence-electron chi connectivity index (χ0n) is 15.1. The third kappa shape index (κ3) is 7.65. The molecule has 0 fully saturated rings. The van der Waals surface area contributed by atoms with Gasteiger partial charge in [-0.05, 0) is 41.5 Å². The summed E-state index contributed by atoms with van der Waals surface area (Å²) in [6.07, 6.45) is 1.53. The number of ether oxygens (including phenoxy) is 1. The molecule has 0 aliphatic carbocycles. The lowest BCUT2D eigenvalue weighted by molar-refractivity contribution is 0.0523. The molecule has 0 aliphatic rings. The van der Waals surface area contributed by atoms with E-state index in [9.17, 15) is 4.79 Å². The molecule has 1 unspecified atom stereocenters. The fraction of sp³-hybridized carbons (Fsp3) is 0.750. The van der Waals surface area contributed by atoms with E-state index in [0.717, 1.165) is 24.8 Å². The number of hydrogen-bond donors (Lipinski definition) is 2. The van der Waals surface area contributed by atoms with Crippen LogP contribution in [0.4, 0.5) is 9.93 Å². The van der Waals surface area contributed by atoms with Crippen LogP contribution in [0.15, 0.2) is 6.20 Å². The zero-order chi connectivity index (χ0) is 17.5. The summed E-state index contributed by atoms with van der Waals surface area (Å²) >= 11 is 1.70. The van der Waals surface area contributed by atoms with E-state index in [1.807, 2.05) is 33.9 Å². The summed E-state index contributed by atoms with van der Waals surface area (Å²) in [6, 6.07) is 0.154. The van der Waals surface area contributed by atoms with Crippen LogP contribution in [0.3, 0.4) is 0 Å². The first-order valence-electron chi connectivity index (χ1n) is 8.15. The summed E-state index contributed by atoms with van der Waals surface area (Å²) in [5.74, 6) is 0. The highest BCUT2D eigenvalue weighted by atomic mass is 32.1. The Balaban J connectivity index is 2.33. The molecule has 23 heavy (non-hydrogen) atoms. The van der Waals surface area contributed by atoms with Crippen LogP contribution in [-0.2, 0) is 11.3 Å². The first kappa shape index (κ1) is 19.7. The van der Waals surface area contributed by atoms with E-state index in [0.29, 0.717) is 6.54 Å². The Morgan fingerprint density at radius 2 is 2.04 bits per heavy atom. The van der Waals surface area contributed by atoms with Crippen LogP contribution in [0.2, 0.25) is 0 Å². The van der Waals surface area contributed by atoms with E-state index in [-0.39, 0.29) is 12.1 Å². The molecule has 0 aliphatic heterocycles. The number of nitrogens with one attached hydrogen (secondary N) is 2. The Kier molecular flexibility index (Phi) is 7.78. The van der Waals surface area contributed by atoms with E-state index in [2.05, 4.69) is 34.4 Å². The van der Waals surface area contributed by atoms with Crippen molar-refractivity contribution < 1.29 is 9.53 Å². The van der Waals surface area contributed by atoms with Gasteiger partial charge in [-0.1, -0.05) is 0 Å². The molecule has 0 bridgehead atoms. The van der Waals surface area contributed by atoms with E-state index in [4.69, 9.17) is 4.74 Å². The van der Waals surface area contributed by atoms with Crippen LogP contribution in [0.5, 0.6) is 0 Å². The third-order valence-corrected chi connectivity index (χ3v) is 4.21. The van der Waals surface area contributed by atoms with Crippen molar-refractivity contribution in [2.45, 2.75) is 59.7 Å². The molecule has 6 nitrogen and oxygen atoms in total. The highest BCUT2D eigenvalue weighted by Gasteiger charge is 2.16. The molecule has 0 aromatic carbocycles. The van der Waals surface area contributed by atoms with Gasteiger partial charge in [0.25, 0.3) is 0 Å². The van der Waals surface area contributed by atoms with Crippen molar-refractivity contribution in [3.63, 3.8) is 0 Å². The minimum atomic E-state index is -0.468. The van der Waals surface area contributed by atoms with Crippen LogP contribution in [0.25, 0.3) is 0 Å². The molecule has 0 saturated carbocycles. The number of rotatable bonds is 8. The fourth-order valence-corrected chi connectivity index (χ4v) is 2.90. The molecule has 132 valence electrons. The Hall–Kier alpha value is -1.34. The number of anilines is 1. The lowest BCUT2D eigenvalue weighted by Gasteiger charge is -2.21. The van der Waals surface area contributed by atoms with E-state index < -0.39 is 5.60 Å². The van der Waals surface area contributed by atoms with Gasteiger partial charge < -0.3 is 20.3 Å². The van der Waals surface area contributed by atoms with Crippen molar-refractivity contribution in [3.05, 3.63) is 11.1 Å². The number of carbonyl (C=O) groups excluding carboxylic acids is 1. The van der Waals surface area contributed by atoms with Crippen molar-refractivity contribution in [2.75, 3.05) is 24.5 Å². The number of carbonyl (C=O) groups is 1. The summed E-state index contributed by atoms with van der Waals surface area (Å²) in [4.78, 5) is 19.5. The van der Waals surface area contributed by atoms with Crippen LogP contribution in [0.1, 0.15) is 46.4 Å². The van der Waals surface area contributed by atoms with Crippen molar-refractivity contribution >= 4 is 22.6 Å². The number of alkyl carbamates (subject to hydrolysis) is 1. The first-order valence-corrected chi connectivity index (χ1v) is 8.96. The molecule has 1 aromatic rings. The molecular weight excluding hydrogens is 312 g/mol. The maximum atomic E-state index is 11.6. The Morgan fingerprint density at radius 1 is 1.39 bits per heavy atom. The summed E-state index contributed by atoms with van der Waals surface area (Å²) < 4.78 is 5.21. The standard InChI is InChI=1S/C16H30N4O2S/c1-7-20(8-2)14-18-11-13(23-14)10-17-12(3)9-19-15(21)22-16(4,5)6/h11-12,17H,7-10H2,1-6H3,(H,19,21). The van der Waals surface area contributed by atoms with Gasteiger partial charge in [-0.2, -0.15) is 0 Å². The van der Waals surface area contributed by atoms with Crippen LogP contribution < -0.4 is 15.5 Å². The second-order valence-electron chi connectivity index (χ2n) is 6.45. The van der Waals surface area contributed by atoms with Crippen molar-refractivity contribution in [2.24, 2.45) is 0 Å². The second kappa shape index (κ2) is 9.08. The van der Waals surface area contributed by atoms with E-state index in [1.54, 1.807) is 11.3 Å². The van der Waals surface area contributed by atoms with Crippen molar-refractivity contribution in [3.8, 4) is 0 Å². The van der Waals surface area contributed by atoms with Gasteiger partial charge >= 0.3 is 6.09 Å². The summed E-state index contributed by atoms with van der Waals surface area (Å²) in [6.45, 7) is 15.1. The average Bonchev–Trinajstić information content (AvgIpc) is 2.91. The molecule has 0 radical (unpaired) electrons. The minimum Gasteiger partial charge on any atom is -0.444 e. The zero-order valence-corrected chi connectivity index (χ0v) is 15.9. The third-order valence-electron chi connectivity index (χ3n) is 3.15. The number of hydrogen-bond acceptors (Lipinski definition) is 6. The lowest BCUT2D eigenvalue weighted by atomic mass is 10.2. The highest BCUT2D eigenvalue weighted by Crippen LogP contribution is 2.22. The largest absolute Gasteiger partial charge is 0.444 e. The summed E-state index contributed by atoms with van der Waals surface area (Å²) in [7, 11) is 0. The molecule has 2 N–H and O–H groups in total. The monoisotopic (exact) mass is 342 g/mol. The fourth-order valence-electron chi connectivity index (χ4n) is 1.92. The molecule has 0 spiro atoms. The highest BCUT2D eigenvalue weighted by molar-refractivity contribution is 7.15. The van der Waals surface area contributed by atoms with Crippen molar-refractivity contribution in [1.29, 1.82) is 0 Å². The molecule has 1 rings (SSSR count). The lowest BCUT2D eigenvalue weighted by Crippen LogP contribution is -2.40. The molecule has 1 amide bonds. The van der Waals surface area contributed by atoms with Gasteiger partial charge in [-0.25, -0.2) is 9.78 Å². The average molecular weight is 343 g/mol. The molecule has 0 saturated heterocycles. The van der Waals surface area contributed by atoms with Gasteiger partial charge in [0.15, 0.2) is 5.13 Å². The van der Waals surface area contributed by atoms with Gasteiger partial charge in [-0.15, -0.1) is 11.3 Å². The van der Waals surface area contributed by atoms with Crippen LogP contribution in [0, 0.1) is 0 Å². The van der Waals surface area contributed by atoms with E-state index in [1.165, 1.54) is 4.88 Å². The normalized spacial score (nSPS) is 12.8. The number of thiazole rings is 1. The molecule has 1 heterocycles. The summed E-state index contributed by atoms with van der Waals surface area (Å²) in [5.41, 5.74) is -0.468. The Bertz CT molecular complexity index is 481. The maximum Gasteiger partial charge on any atom is 0.407 e. The SMILES string of the molecule is CCN(CC)c1ncc(CNC(C)CNC(=O)OC(C)(C)C)s1. The molecule has 1 aromatic heterocycles. The van der Waals surface area contributed by atoms with Crippen LogP contribution in [-0.4, -0.2) is 42.4 Å². The predicted molar refractivity (Wildman–Crippen MR) is 96.2 cm³/mol. The topological polar surface area (TPSA) is 66.5 Å². The van der Waals surface area contributed by atoms with Crippen molar-refractivity contribution in [1.82, 2.24) is 15.6 Å². The smallest absolute Gasteiger partial charge is 0.407 e. The Morgan fingerprint density at radius 3 is 2.61 bits per heavy atom. The Labute approximate surface area is 143 Å². The van der Waals surface area contributed by atoms with Gasteiger partial charge in [-0.3, -0.25) is 0 Å². The second-order valence-corrected chi connectivity index (χ2v) is 7.54. The molecule has 1 atom stereocenters.